The molecule has 94 heavy (non-hydrogen) atoms. The van der Waals surface area contributed by atoms with Crippen molar-refractivity contribution in [1.29, 1.82) is 0 Å². The Hall–Kier alpha value is -1.94. The molecule has 3 unspecified atom stereocenters. The van der Waals surface area contributed by atoms with Gasteiger partial charge in [0.15, 0.2) is 12.2 Å². The molecule has 0 fully saturated rings. The number of aliphatic hydroxyl groups is 1. The lowest BCUT2D eigenvalue weighted by atomic mass is 10.00. The average molecular weight is 1380 g/mol. The fourth-order valence-electron chi connectivity index (χ4n) is 11.4. The molecular weight excluding hydrogens is 1230 g/mol. The van der Waals surface area contributed by atoms with E-state index in [2.05, 4.69) is 48.5 Å². The van der Waals surface area contributed by atoms with Gasteiger partial charge in [0, 0.05) is 25.7 Å². The Kier molecular flexibility index (Phi) is 64.3. The largest absolute Gasteiger partial charge is 0.472 e. The Bertz CT molecular complexity index is 1840. The molecule has 0 bridgehead atoms. The second-order valence-corrected chi connectivity index (χ2v) is 31.1. The second-order valence-electron chi connectivity index (χ2n) is 28.2. The summed E-state index contributed by atoms with van der Waals surface area (Å²) in [4.78, 5) is 72.7. The smallest absolute Gasteiger partial charge is 0.462 e. The van der Waals surface area contributed by atoms with Crippen molar-refractivity contribution in [3.05, 3.63) is 0 Å². The number of hydrogen-bond donors (Lipinski definition) is 3. The third-order valence-electron chi connectivity index (χ3n) is 17.7. The van der Waals surface area contributed by atoms with Crippen LogP contribution in [0.25, 0.3) is 0 Å². The lowest BCUT2D eigenvalue weighted by molar-refractivity contribution is -0.161. The number of esters is 4. The molecular formula is C75H146O17P2. The average Bonchev–Trinajstić information content (AvgIpc) is 1.75. The van der Waals surface area contributed by atoms with Crippen LogP contribution < -0.4 is 0 Å². The number of carbonyl (C=O) groups is 4. The van der Waals surface area contributed by atoms with Gasteiger partial charge in [0.05, 0.1) is 26.4 Å². The molecule has 0 saturated carbocycles. The van der Waals surface area contributed by atoms with E-state index in [0.29, 0.717) is 25.7 Å². The topological polar surface area (TPSA) is 237 Å². The van der Waals surface area contributed by atoms with Crippen LogP contribution in [0, 0.1) is 17.8 Å². The first-order chi connectivity index (χ1) is 45.3. The van der Waals surface area contributed by atoms with E-state index >= 15 is 0 Å². The predicted molar refractivity (Wildman–Crippen MR) is 381 cm³/mol. The van der Waals surface area contributed by atoms with Crippen molar-refractivity contribution < 1.29 is 80.2 Å². The maximum atomic E-state index is 13.1. The van der Waals surface area contributed by atoms with Crippen molar-refractivity contribution in [1.82, 2.24) is 0 Å². The lowest BCUT2D eigenvalue weighted by Crippen LogP contribution is -2.30. The van der Waals surface area contributed by atoms with Crippen molar-refractivity contribution in [2.24, 2.45) is 17.8 Å². The van der Waals surface area contributed by atoms with Gasteiger partial charge in [-0.1, -0.05) is 331 Å². The number of phosphoric acid groups is 2. The number of aliphatic hydroxyl groups excluding tert-OH is 1. The maximum absolute atomic E-state index is 13.1. The molecule has 0 rings (SSSR count). The zero-order chi connectivity index (χ0) is 69.4. The summed E-state index contributed by atoms with van der Waals surface area (Å²) in [6.07, 6.45) is 51.4. The minimum Gasteiger partial charge on any atom is -0.462 e. The predicted octanol–water partition coefficient (Wildman–Crippen LogP) is 21.8. The van der Waals surface area contributed by atoms with Crippen LogP contribution >= 0.6 is 15.6 Å². The summed E-state index contributed by atoms with van der Waals surface area (Å²) in [5.41, 5.74) is 0. The summed E-state index contributed by atoms with van der Waals surface area (Å²) in [6, 6.07) is 0. The molecule has 19 heteroatoms. The van der Waals surface area contributed by atoms with E-state index in [1.807, 2.05) is 0 Å². The number of carbonyl (C=O) groups excluding carboxylic acids is 4. The van der Waals surface area contributed by atoms with Crippen molar-refractivity contribution in [3.8, 4) is 0 Å². The Morgan fingerprint density at radius 1 is 0.309 bits per heavy atom. The number of unbranched alkanes of at least 4 members (excludes halogenated alkanes) is 40. The van der Waals surface area contributed by atoms with Gasteiger partial charge in [-0.3, -0.25) is 37.3 Å². The minimum absolute atomic E-state index is 0.104. The Morgan fingerprint density at radius 2 is 0.543 bits per heavy atom. The standard InChI is InChI=1S/C75H146O17P2/c1-8-10-11-12-13-14-15-16-17-18-19-22-26-29-35-44-51-58-74(79)91-70(62-85-72(77)56-49-42-34-28-25-23-20-21-24-27-32-39-46-53-66(3)4)64-89-93(81,82)87-60-69(76)61-88-94(83,84)90-65-71(63-86-73(78)57-50-43-38-37-41-48-55-68(7)9-2)92-75(80)59-52-45-36-31-30-33-40-47-54-67(5)6/h66-71,76H,8-65H2,1-7H3,(H,81,82)(H,83,84)/t68?,69-,70-,71-/m1/s1. The van der Waals surface area contributed by atoms with Crippen LogP contribution in [0.4, 0.5) is 0 Å². The van der Waals surface area contributed by atoms with E-state index in [4.69, 9.17) is 37.0 Å². The van der Waals surface area contributed by atoms with Crippen molar-refractivity contribution in [2.45, 2.75) is 401 Å². The quantitative estimate of drug-likeness (QED) is 0.0222. The van der Waals surface area contributed by atoms with Crippen molar-refractivity contribution in [3.63, 3.8) is 0 Å². The molecule has 0 aromatic heterocycles. The van der Waals surface area contributed by atoms with Crippen LogP contribution in [-0.4, -0.2) is 96.7 Å². The molecule has 6 atom stereocenters. The first kappa shape index (κ1) is 92.1. The Balaban J connectivity index is 5.24. The lowest BCUT2D eigenvalue weighted by Gasteiger charge is -2.21. The SMILES string of the molecule is CCCCCCCCCCCCCCCCCCCC(=O)O[C@H](COC(=O)CCCCCCCCCCCCCCCC(C)C)COP(=O)(O)OC[C@@H](O)COP(=O)(O)OC[C@@H](COC(=O)CCCCCCCCC(C)CC)OC(=O)CCCCCCCCCCC(C)C. The molecule has 0 aliphatic heterocycles. The van der Waals surface area contributed by atoms with E-state index < -0.39 is 97.5 Å². The van der Waals surface area contributed by atoms with Crippen molar-refractivity contribution >= 4 is 39.5 Å². The second kappa shape index (κ2) is 65.7. The van der Waals surface area contributed by atoms with E-state index in [1.54, 1.807) is 0 Å². The van der Waals surface area contributed by atoms with Gasteiger partial charge in [-0.2, -0.15) is 0 Å². The van der Waals surface area contributed by atoms with E-state index in [-0.39, 0.29) is 25.7 Å². The van der Waals surface area contributed by atoms with Gasteiger partial charge >= 0.3 is 39.5 Å². The van der Waals surface area contributed by atoms with E-state index in [1.165, 1.54) is 186 Å². The summed E-state index contributed by atoms with van der Waals surface area (Å²) >= 11 is 0. The minimum atomic E-state index is -4.96. The monoisotopic (exact) mass is 1380 g/mol. The number of rotatable bonds is 73. The van der Waals surface area contributed by atoms with Gasteiger partial charge < -0.3 is 33.8 Å². The van der Waals surface area contributed by atoms with E-state index in [0.717, 1.165) is 114 Å². The number of hydrogen-bond acceptors (Lipinski definition) is 15. The first-order valence-corrected chi connectivity index (χ1v) is 41.9. The molecule has 0 aromatic rings. The summed E-state index contributed by atoms with van der Waals surface area (Å²) in [7, 11) is -9.91. The van der Waals surface area contributed by atoms with Crippen LogP contribution in [0.3, 0.4) is 0 Å². The maximum Gasteiger partial charge on any atom is 0.472 e. The van der Waals surface area contributed by atoms with Gasteiger partial charge in [0.2, 0.25) is 0 Å². The molecule has 0 spiro atoms. The van der Waals surface area contributed by atoms with Crippen LogP contribution in [0.15, 0.2) is 0 Å². The van der Waals surface area contributed by atoms with Gasteiger partial charge in [-0.15, -0.1) is 0 Å². The highest BCUT2D eigenvalue weighted by Gasteiger charge is 2.30. The molecule has 0 heterocycles. The Morgan fingerprint density at radius 3 is 0.809 bits per heavy atom. The summed E-state index contributed by atoms with van der Waals surface area (Å²) in [5, 5.41) is 10.6. The molecule has 17 nitrogen and oxygen atoms in total. The zero-order valence-electron chi connectivity index (χ0n) is 61.4. The van der Waals surface area contributed by atoms with E-state index in [9.17, 15) is 43.2 Å². The highest BCUT2D eigenvalue weighted by molar-refractivity contribution is 7.47. The fraction of sp³-hybridized carbons (Fsp3) is 0.947. The molecule has 0 radical (unpaired) electrons. The highest BCUT2D eigenvalue weighted by Crippen LogP contribution is 2.45. The zero-order valence-corrected chi connectivity index (χ0v) is 63.2. The van der Waals surface area contributed by atoms with Crippen LogP contribution in [0.2, 0.25) is 0 Å². The van der Waals surface area contributed by atoms with Gasteiger partial charge in [-0.05, 0) is 43.4 Å². The molecule has 0 aromatic carbocycles. The Labute approximate surface area is 575 Å². The molecule has 0 aliphatic rings. The van der Waals surface area contributed by atoms with Crippen molar-refractivity contribution in [2.75, 3.05) is 39.6 Å². The molecule has 558 valence electrons. The van der Waals surface area contributed by atoms with Crippen LogP contribution in [0.5, 0.6) is 0 Å². The summed E-state index contributed by atoms with van der Waals surface area (Å²) < 4.78 is 68.5. The summed E-state index contributed by atoms with van der Waals surface area (Å²) in [6.45, 7) is 11.8. The third-order valence-corrected chi connectivity index (χ3v) is 19.6. The molecule has 0 aliphatic carbocycles. The fourth-order valence-corrected chi connectivity index (χ4v) is 13.0. The van der Waals surface area contributed by atoms with Gasteiger partial charge in [0.1, 0.15) is 19.3 Å². The van der Waals surface area contributed by atoms with Crippen LogP contribution in [-0.2, 0) is 65.4 Å². The molecule has 3 N–H and O–H groups in total. The normalized spacial score (nSPS) is 14.4. The molecule has 0 saturated heterocycles. The highest BCUT2D eigenvalue weighted by atomic mass is 31.2. The number of ether oxygens (including phenoxy) is 4. The van der Waals surface area contributed by atoms with Gasteiger partial charge in [0.25, 0.3) is 0 Å². The van der Waals surface area contributed by atoms with Gasteiger partial charge in [-0.25, -0.2) is 9.13 Å². The molecule has 0 amide bonds. The number of phosphoric ester groups is 2. The summed E-state index contributed by atoms with van der Waals surface area (Å²) in [5.74, 6) is 0.119. The van der Waals surface area contributed by atoms with Crippen LogP contribution in [0.1, 0.15) is 382 Å². The first-order valence-electron chi connectivity index (χ1n) is 38.9. The third kappa shape index (κ3) is 67.3.